The Hall–Kier alpha value is -1.06. The minimum atomic E-state index is 0.131. The molecule has 3 heteroatoms. The number of hydrogen-bond acceptors (Lipinski definition) is 3. The fourth-order valence-electron chi connectivity index (χ4n) is 3.87. The number of morpholine rings is 1. The predicted molar refractivity (Wildman–Crippen MR) is 101 cm³/mol. The summed E-state index contributed by atoms with van der Waals surface area (Å²) in [4.78, 5) is 2.56. The van der Waals surface area contributed by atoms with E-state index in [1.165, 1.54) is 11.1 Å². The molecule has 3 atom stereocenters. The zero-order valence-electron chi connectivity index (χ0n) is 16.6. The van der Waals surface area contributed by atoms with E-state index >= 15 is 0 Å². The summed E-state index contributed by atoms with van der Waals surface area (Å²) >= 11 is 0. The Morgan fingerprint density at radius 1 is 1.21 bits per heavy atom. The number of hydrogen-bond donors (Lipinski definition) is 0. The van der Waals surface area contributed by atoms with Crippen molar-refractivity contribution in [3.8, 4) is 5.75 Å². The lowest BCUT2D eigenvalue weighted by atomic mass is 9.81. The standard InChI is InChI=1S/C21H35NO2/c1-15(12-22-13-16(2)24-17(3)14-22)10-18-8-9-19(23-7)11-20(18)21(4,5)6/h8-9,11,15-17H,10,12-14H2,1-7H3/t15?,16-,17+. The quantitative estimate of drug-likeness (QED) is 0.803. The Labute approximate surface area is 148 Å². The third-order valence-corrected chi connectivity index (χ3v) is 4.76. The third-order valence-electron chi connectivity index (χ3n) is 4.76. The molecule has 1 aliphatic rings. The van der Waals surface area contributed by atoms with Crippen molar-refractivity contribution in [1.82, 2.24) is 4.90 Å². The first-order valence-electron chi connectivity index (χ1n) is 9.24. The molecule has 0 N–H and O–H groups in total. The fraction of sp³-hybridized carbons (Fsp3) is 0.714. The summed E-state index contributed by atoms with van der Waals surface area (Å²) in [5, 5.41) is 0. The number of methoxy groups -OCH3 is 1. The van der Waals surface area contributed by atoms with E-state index in [1.54, 1.807) is 7.11 Å². The predicted octanol–water partition coefficient (Wildman–Crippen LogP) is 4.28. The number of benzene rings is 1. The van der Waals surface area contributed by atoms with Crippen LogP contribution in [0.4, 0.5) is 0 Å². The molecule has 1 unspecified atom stereocenters. The van der Waals surface area contributed by atoms with Crippen molar-refractivity contribution in [3.63, 3.8) is 0 Å². The van der Waals surface area contributed by atoms with E-state index < -0.39 is 0 Å². The normalized spacial score (nSPS) is 24.0. The highest BCUT2D eigenvalue weighted by Gasteiger charge is 2.24. The molecule has 0 saturated carbocycles. The first kappa shape index (κ1) is 19.3. The van der Waals surface area contributed by atoms with Crippen LogP contribution in [-0.2, 0) is 16.6 Å². The molecule has 0 bridgehead atoms. The lowest BCUT2D eigenvalue weighted by Gasteiger charge is -2.37. The zero-order valence-corrected chi connectivity index (χ0v) is 16.6. The molecular weight excluding hydrogens is 298 g/mol. The van der Waals surface area contributed by atoms with Crippen molar-refractivity contribution in [3.05, 3.63) is 29.3 Å². The van der Waals surface area contributed by atoms with Gasteiger partial charge in [0.25, 0.3) is 0 Å². The minimum absolute atomic E-state index is 0.131. The molecule has 1 fully saturated rings. The lowest BCUT2D eigenvalue weighted by Crippen LogP contribution is -2.47. The molecule has 0 aliphatic carbocycles. The van der Waals surface area contributed by atoms with Crippen LogP contribution >= 0.6 is 0 Å². The monoisotopic (exact) mass is 333 g/mol. The van der Waals surface area contributed by atoms with Crippen LogP contribution < -0.4 is 4.74 Å². The van der Waals surface area contributed by atoms with Crippen LogP contribution in [0.3, 0.4) is 0 Å². The third kappa shape index (κ3) is 5.22. The van der Waals surface area contributed by atoms with E-state index in [0.717, 1.165) is 31.8 Å². The maximum Gasteiger partial charge on any atom is 0.119 e. The summed E-state index contributed by atoms with van der Waals surface area (Å²) in [5.41, 5.74) is 2.98. The van der Waals surface area contributed by atoms with Crippen LogP contribution in [0.15, 0.2) is 18.2 Å². The molecule has 0 radical (unpaired) electrons. The van der Waals surface area contributed by atoms with Crippen molar-refractivity contribution in [2.75, 3.05) is 26.7 Å². The largest absolute Gasteiger partial charge is 0.497 e. The number of nitrogens with zero attached hydrogens (tertiary/aromatic N) is 1. The van der Waals surface area contributed by atoms with Gasteiger partial charge in [-0.05, 0) is 54.9 Å². The summed E-state index contributed by atoms with van der Waals surface area (Å²) in [7, 11) is 1.74. The van der Waals surface area contributed by atoms with E-state index in [-0.39, 0.29) is 5.41 Å². The highest BCUT2D eigenvalue weighted by atomic mass is 16.5. The second-order valence-electron chi connectivity index (χ2n) is 8.56. The molecule has 0 spiro atoms. The van der Waals surface area contributed by atoms with Crippen molar-refractivity contribution in [2.24, 2.45) is 5.92 Å². The Morgan fingerprint density at radius 3 is 2.38 bits per heavy atom. The molecule has 1 aromatic rings. The van der Waals surface area contributed by atoms with E-state index in [0.29, 0.717) is 18.1 Å². The fourth-order valence-corrected chi connectivity index (χ4v) is 3.87. The molecule has 2 rings (SSSR count). The Morgan fingerprint density at radius 2 is 1.83 bits per heavy atom. The highest BCUT2D eigenvalue weighted by molar-refractivity contribution is 5.40. The molecule has 24 heavy (non-hydrogen) atoms. The lowest BCUT2D eigenvalue weighted by molar-refractivity contribution is -0.0709. The van der Waals surface area contributed by atoms with Gasteiger partial charge in [-0.3, -0.25) is 4.90 Å². The summed E-state index contributed by atoms with van der Waals surface area (Å²) < 4.78 is 11.3. The van der Waals surface area contributed by atoms with Crippen LogP contribution in [0, 0.1) is 5.92 Å². The van der Waals surface area contributed by atoms with Gasteiger partial charge in [0.05, 0.1) is 19.3 Å². The van der Waals surface area contributed by atoms with Gasteiger partial charge in [0.2, 0.25) is 0 Å². The van der Waals surface area contributed by atoms with Gasteiger partial charge in [-0.2, -0.15) is 0 Å². The summed E-state index contributed by atoms with van der Waals surface area (Å²) in [6, 6.07) is 6.55. The van der Waals surface area contributed by atoms with Gasteiger partial charge in [0, 0.05) is 19.6 Å². The number of ether oxygens (including phenoxy) is 2. The van der Waals surface area contributed by atoms with Crippen LogP contribution in [0.25, 0.3) is 0 Å². The average Bonchev–Trinajstić information content (AvgIpc) is 2.45. The molecule has 0 aromatic heterocycles. The van der Waals surface area contributed by atoms with E-state index in [9.17, 15) is 0 Å². The molecule has 1 heterocycles. The molecule has 1 saturated heterocycles. The van der Waals surface area contributed by atoms with Gasteiger partial charge in [0.15, 0.2) is 0 Å². The zero-order chi connectivity index (χ0) is 17.9. The smallest absolute Gasteiger partial charge is 0.119 e. The first-order valence-corrected chi connectivity index (χ1v) is 9.24. The van der Waals surface area contributed by atoms with E-state index in [2.05, 4.69) is 64.6 Å². The molecule has 0 amide bonds. The van der Waals surface area contributed by atoms with E-state index in [1.807, 2.05) is 0 Å². The Bertz CT molecular complexity index is 525. The van der Waals surface area contributed by atoms with Gasteiger partial charge in [0.1, 0.15) is 5.75 Å². The van der Waals surface area contributed by atoms with Gasteiger partial charge < -0.3 is 9.47 Å². The van der Waals surface area contributed by atoms with Crippen molar-refractivity contribution < 1.29 is 9.47 Å². The number of rotatable bonds is 5. The van der Waals surface area contributed by atoms with Crippen molar-refractivity contribution in [2.45, 2.75) is 65.6 Å². The molecular formula is C21H35NO2. The average molecular weight is 334 g/mol. The summed E-state index contributed by atoms with van der Waals surface area (Å²) in [6.45, 7) is 16.8. The Kier molecular flexibility index (Phi) is 6.33. The maximum atomic E-state index is 5.85. The van der Waals surface area contributed by atoms with Crippen LogP contribution in [0.5, 0.6) is 5.75 Å². The second kappa shape index (κ2) is 7.88. The van der Waals surface area contributed by atoms with Crippen LogP contribution in [0.2, 0.25) is 0 Å². The van der Waals surface area contributed by atoms with Crippen LogP contribution in [-0.4, -0.2) is 43.9 Å². The van der Waals surface area contributed by atoms with Gasteiger partial charge in [-0.15, -0.1) is 0 Å². The highest BCUT2D eigenvalue weighted by Crippen LogP contribution is 2.31. The molecule has 1 aromatic carbocycles. The molecule has 136 valence electrons. The van der Waals surface area contributed by atoms with Gasteiger partial charge >= 0.3 is 0 Å². The maximum absolute atomic E-state index is 5.85. The van der Waals surface area contributed by atoms with Crippen molar-refractivity contribution in [1.29, 1.82) is 0 Å². The van der Waals surface area contributed by atoms with Crippen molar-refractivity contribution >= 4 is 0 Å². The second-order valence-corrected chi connectivity index (χ2v) is 8.56. The van der Waals surface area contributed by atoms with Gasteiger partial charge in [-0.1, -0.05) is 33.8 Å². The summed E-state index contributed by atoms with van der Waals surface area (Å²) in [5.74, 6) is 1.57. The first-order chi connectivity index (χ1) is 11.2. The molecule has 3 nitrogen and oxygen atoms in total. The topological polar surface area (TPSA) is 21.7 Å². The summed E-state index contributed by atoms with van der Waals surface area (Å²) in [6.07, 6.45) is 1.79. The van der Waals surface area contributed by atoms with Gasteiger partial charge in [-0.25, -0.2) is 0 Å². The Balaban J connectivity index is 2.07. The SMILES string of the molecule is COc1ccc(CC(C)CN2C[C@@H](C)O[C@@H](C)C2)c(C(C)(C)C)c1. The van der Waals surface area contributed by atoms with Crippen LogP contribution in [0.1, 0.15) is 52.7 Å². The minimum Gasteiger partial charge on any atom is -0.497 e. The molecule has 1 aliphatic heterocycles. The van der Waals surface area contributed by atoms with E-state index in [4.69, 9.17) is 9.47 Å².